The number of hydrogen-bond donors (Lipinski definition) is 1. The van der Waals surface area contributed by atoms with E-state index in [1.54, 1.807) is 4.68 Å². The summed E-state index contributed by atoms with van der Waals surface area (Å²) in [4.78, 5) is 0. The first-order valence-electron chi connectivity index (χ1n) is 6.65. The average molecular weight is 339 g/mol. The van der Waals surface area contributed by atoms with Crippen molar-refractivity contribution < 1.29 is 4.74 Å². The summed E-state index contributed by atoms with van der Waals surface area (Å²) in [5, 5.41) is 11.5. The van der Waals surface area contributed by atoms with E-state index >= 15 is 0 Å². The van der Waals surface area contributed by atoms with Gasteiger partial charge in [-0.3, -0.25) is 0 Å². The maximum atomic E-state index is 5.70. The van der Waals surface area contributed by atoms with Crippen molar-refractivity contribution in [1.29, 1.82) is 0 Å². The molecule has 0 saturated heterocycles. The molecule has 0 spiro atoms. The van der Waals surface area contributed by atoms with Crippen LogP contribution in [-0.2, 0) is 13.1 Å². The van der Waals surface area contributed by atoms with Crippen LogP contribution in [-0.4, -0.2) is 27.6 Å². The lowest BCUT2D eigenvalue weighted by Crippen LogP contribution is -2.21. The van der Waals surface area contributed by atoms with E-state index in [1.165, 1.54) is 0 Å². The summed E-state index contributed by atoms with van der Waals surface area (Å²) < 4.78 is 8.46. The minimum Gasteiger partial charge on any atom is -0.490 e. The van der Waals surface area contributed by atoms with Gasteiger partial charge in [-0.05, 0) is 28.1 Å². The van der Waals surface area contributed by atoms with E-state index < -0.39 is 0 Å². The van der Waals surface area contributed by atoms with Gasteiger partial charge in [0.15, 0.2) is 0 Å². The Kier molecular flexibility index (Phi) is 5.55. The lowest BCUT2D eigenvalue weighted by atomic mass is 10.3. The van der Waals surface area contributed by atoms with Gasteiger partial charge >= 0.3 is 0 Å². The number of rotatable bonds is 7. The number of ether oxygens (including phenoxy) is 1. The molecule has 0 saturated carbocycles. The molecule has 1 heterocycles. The highest BCUT2D eigenvalue weighted by Crippen LogP contribution is 2.23. The van der Waals surface area contributed by atoms with Gasteiger partial charge < -0.3 is 10.1 Å². The maximum absolute atomic E-state index is 5.70. The van der Waals surface area contributed by atoms with E-state index in [0.29, 0.717) is 19.2 Å². The minimum atomic E-state index is 0.443. The monoisotopic (exact) mass is 338 g/mol. The van der Waals surface area contributed by atoms with Crippen molar-refractivity contribution in [3.63, 3.8) is 0 Å². The molecule has 0 bridgehead atoms. The van der Waals surface area contributed by atoms with Crippen LogP contribution >= 0.6 is 15.9 Å². The molecule has 1 N–H and O–H groups in total. The predicted molar refractivity (Wildman–Crippen MR) is 81.6 cm³/mol. The first-order valence-corrected chi connectivity index (χ1v) is 7.44. The highest BCUT2D eigenvalue weighted by Gasteiger charge is 2.03. The second-order valence-electron chi connectivity index (χ2n) is 4.79. The smallest absolute Gasteiger partial charge is 0.133 e. The van der Waals surface area contributed by atoms with Gasteiger partial charge in [-0.2, -0.15) is 0 Å². The fraction of sp³-hybridized carbons (Fsp3) is 0.429. The Balaban J connectivity index is 1.78. The normalized spacial score (nSPS) is 11.0. The van der Waals surface area contributed by atoms with Gasteiger partial charge in [0.1, 0.15) is 12.4 Å². The molecule has 0 aliphatic rings. The zero-order chi connectivity index (χ0) is 14.4. The molecule has 1 aromatic carbocycles. The molecule has 0 amide bonds. The van der Waals surface area contributed by atoms with E-state index in [0.717, 1.165) is 22.5 Å². The summed E-state index contributed by atoms with van der Waals surface area (Å²) >= 11 is 3.45. The molecule has 0 aliphatic carbocycles. The molecular weight excluding hydrogens is 320 g/mol. The van der Waals surface area contributed by atoms with E-state index in [1.807, 2.05) is 30.5 Å². The van der Waals surface area contributed by atoms with Gasteiger partial charge in [0, 0.05) is 18.8 Å². The summed E-state index contributed by atoms with van der Waals surface area (Å²) in [7, 11) is 0. The third-order valence-electron chi connectivity index (χ3n) is 2.69. The molecule has 5 nitrogen and oxygen atoms in total. The lowest BCUT2D eigenvalue weighted by Gasteiger charge is -2.07. The summed E-state index contributed by atoms with van der Waals surface area (Å²) in [6, 6.07) is 8.25. The minimum absolute atomic E-state index is 0.443. The van der Waals surface area contributed by atoms with E-state index in [-0.39, 0.29) is 0 Å². The number of nitrogens with zero attached hydrogens (tertiary/aromatic N) is 3. The Labute approximate surface area is 127 Å². The van der Waals surface area contributed by atoms with Crippen molar-refractivity contribution >= 4 is 15.9 Å². The van der Waals surface area contributed by atoms with Crippen LogP contribution in [0.4, 0.5) is 0 Å². The van der Waals surface area contributed by atoms with Crippen LogP contribution < -0.4 is 10.1 Å². The van der Waals surface area contributed by atoms with E-state index in [4.69, 9.17) is 4.74 Å². The zero-order valence-electron chi connectivity index (χ0n) is 11.7. The molecule has 0 aliphatic heterocycles. The Morgan fingerprint density at radius 1 is 1.35 bits per heavy atom. The first kappa shape index (κ1) is 15.0. The number of aromatic nitrogens is 3. The van der Waals surface area contributed by atoms with Gasteiger partial charge in [0.25, 0.3) is 0 Å². The number of para-hydroxylation sites is 1. The molecule has 0 radical (unpaired) electrons. The molecule has 2 rings (SSSR count). The van der Waals surface area contributed by atoms with Gasteiger partial charge in [-0.1, -0.05) is 31.2 Å². The number of nitrogens with one attached hydrogen (secondary N) is 1. The maximum Gasteiger partial charge on any atom is 0.133 e. The lowest BCUT2D eigenvalue weighted by molar-refractivity contribution is 0.288. The van der Waals surface area contributed by atoms with Crippen molar-refractivity contribution in [3.05, 3.63) is 40.6 Å². The van der Waals surface area contributed by atoms with Crippen LogP contribution in [0.15, 0.2) is 34.9 Å². The van der Waals surface area contributed by atoms with Crippen molar-refractivity contribution in [2.24, 2.45) is 0 Å². The van der Waals surface area contributed by atoms with Gasteiger partial charge in [0.2, 0.25) is 0 Å². The first-order chi connectivity index (χ1) is 9.65. The summed E-state index contributed by atoms with van der Waals surface area (Å²) in [6.07, 6.45) is 1.94. The second kappa shape index (κ2) is 7.40. The van der Waals surface area contributed by atoms with Crippen LogP contribution in [0.25, 0.3) is 0 Å². The predicted octanol–water partition coefficient (Wildman–Crippen LogP) is 2.62. The number of benzene rings is 1. The Morgan fingerprint density at radius 2 is 2.15 bits per heavy atom. The SMILES string of the molecule is CC(C)NCc1cn(CCOc2ccccc2Br)nn1. The van der Waals surface area contributed by atoms with Crippen molar-refractivity contribution in [3.8, 4) is 5.75 Å². The highest BCUT2D eigenvalue weighted by atomic mass is 79.9. The van der Waals surface area contributed by atoms with Gasteiger partial charge in [-0.25, -0.2) is 4.68 Å². The Morgan fingerprint density at radius 3 is 2.90 bits per heavy atom. The molecule has 6 heteroatoms. The quantitative estimate of drug-likeness (QED) is 0.843. The molecule has 20 heavy (non-hydrogen) atoms. The molecule has 1 aromatic heterocycles. The fourth-order valence-electron chi connectivity index (χ4n) is 1.65. The third-order valence-corrected chi connectivity index (χ3v) is 3.35. The van der Waals surface area contributed by atoms with Crippen molar-refractivity contribution in [2.45, 2.75) is 33.0 Å². The Bertz CT molecular complexity index is 541. The fourth-order valence-corrected chi connectivity index (χ4v) is 2.05. The van der Waals surface area contributed by atoms with Gasteiger partial charge in [-0.15, -0.1) is 5.10 Å². The molecule has 0 fully saturated rings. The van der Waals surface area contributed by atoms with E-state index in [2.05, 4.69) is 45.4 Å². The Hall–Kier alpha value is -1.40. The second-order valence-corrected chi connectivity index (χ2v) is 5.64. The van der Waals surface area contributed by atoms with Crippen molar-refractivity contribution in [1.82, 2.24) is 20.3 Å². The molecule has 2 aromatic rings. The largest absolute Gasteiger partial charge is 0.490 e. The topological polar surface area (TPSA) is 52.0 Å². The molecule has 0 atom stereocenters. The summed E-state index contributed by atoms with van der Waals surface area (Å²) in [5.74, 6) is 0.842. The molecule has 0 unspecified atom stereocenters. The van der Waals surface area contributed by atoms with Crippen LogP contribution in [0, 0.1) is 0 Å². The van der Waals surface area contributed by atoms with Gasteiger partial charge in [0.05, 0.1) is 16.7 Å². The summed E-state index contributed by atoms with van der Waals surface area (Å²) in [5.41, 5.74) is 0.944. The third kappa shape index (κ3) is 4.61. The van der Waals surface area contributed by atoms with Crippen molar-refractivity contribution in [2.75, 3.05) is 6.61 Å². The van der Waals surface area contributed by atoms with Crippen LogP contribution in [0.5, 0.6) is 5.75 Å². The van der Waals surface area contributed by atoms with Crippen LogP contribution in [0.3, 0.4) is 0 Å². The van der Waals surface area contributed by atoms with Crippen LogP contribution in [0.1, 0.15) is 19.5 Å². The summed E-state index contributed by atoms with van der Waals surface area (Å²) in [6.45, 7) is 6.19. The molecular formula is C14H19BrN4O. The standard InChI is InChI=1S/C14H19BrN4O/c1-11(2)16-9-12-10-19(18-17-12)7-8-20-14-6-4-3-5-13(14)15/h3-6,10-11,16H,7-9H2,1-2H3. The number of hydrogen-bond acceptors (Lipinski definition) is 4. The molecule has 108 valence electrons. The average Bonchev–Trinajstić information content (AvgIpc) is 2.87. The highest BCUT2D eigenvalue weighted by molar-refractivity contribution is 9.10. The number of halogens is 1. The van der Waals surface area contributed by atoms with E-state index in [9.17, 15) is 0 Å². The van der Waals surface area contributed by atoms with Crippen LogP contribution in [0.2, 0.25) is 0 Å². The zero-order valence-corrected chi connectivity index (χ0v) is 13.3.